The van der Waals surface area contributed by atoms with Gasteiger partial charge in [-0.2, -0.15) is 4.98 Å². The van der Waals surface area contributed by atoms with E-state index in [9.17, 15) is 9.50 Å². The van der Waals surface area contributed by atoms with E-state index >= 15 is 0 Å². The second-order valence-electron chi connectivity index (χ2n) is 4.63. The van der Waals surface area contributed by atoms with Crippen molar-refractivity contribution >= 4 is 11.8 Å². The van der Waals surface area contributed by atoms with Crippen LogP contribution in [0.25, 0.3) is 0 Å². The first-order valence-electron chi connectivity index (χ1n) is 6.37. The molecule has 5 nitrogen and oxygen atoms in total. The Morgan fingerprint density at radius 2 is 2.28 bits per heavy atom. The lowest BCUT2D eigenvalue weighted by atomic mass is 10.1. The maximum atomic E-state index is 13.5. The first-order valence-corrected chi connectivity index (χ1v) is 6.37. The maximum Gasteiger partial charge on any atom is 0.224 e. The molecule has 1 aromatic heterocycles. The molecule has 0 amide bonds. The quantitative estimate of drug-likeness (QED) is 0.745. The standard InChI is InChI=1S/C12H19FN4O/c1-2-14-12-16-7-10(13)11(17-12)15-6-8-3-4-9(18)5-8/h7-9,18H,2-6H2,1H3,(H2,14,15,16,17). The summed E-state index contributed by atoms with van der Waals surface area (Å²) < 4.78 is 13.5. The Bertz CT molecular complexity index is 402. The van der Waals surface area contributed by atoms with Gasteiger partial charge >= 0.3 is 0 Å². The molecule has 6 heteroatoms. The van der Waals surface area contributed by atoms with Gasteiger partial charge in [0.25, 0.3) is 0 Å². The third-order valence-corrected chi connectivity index (χ3v) is 3.15. The molecule has 3 N–H and O–H groups in total. The summed E-state index contributed by atoms with van der Waals surface area (Å²) in [4.78, 5) is 7.91. The van der Waals surface area contributed by atoms with Crippen LogP contribution in [0.1, 0.15) is 26.2 Å². The Kier molecular flexibility index (Phi) is 4.30. The zero-order valence-electron chi connectivity index (χ0n) is 10.5. The van der Waals surface area contributed by atoms with Crippen LogP contribution >= 0.6 is 0 Å². The molecule has 2 rings (SSSR count). The molecule has 18 heavy (non-hydrogen) atoms. The molecule has 0 spiro atoms. The fourth-order valence-electron chi connectivity index (χ4n) is 2.21. The van der Waals surface area contributed by atoms with E-state index in [1.807, 2.05) is 6.92 Å². The van der Waals surface area contributed by atoms with Gasteiger partial charge in [-0.25, -0.2) is 9.37 Å². The van der Waals surface area contributed by atoms with Gasteiger partial charge in [0.05, 0.1) is 12.3 Å². The van der Waals surface area contributed by atoms with Crippen molar-refractivity contribution in [1.82, 2.24) is 9.97 Å². The molecule has 1 aliphatic rings. The third kappa shape index (κ3) is 3.29. The predicted octanol–water partition coefficient (Wildman–Crippen LogP) is 1.62. The Balaban J connectivity index is 1.93. The van der Waals surface area contributed by atoms with Crippen LogP contribution in [0.4, 0.5) is 16.2 Å². The Labute approximate surface area is 106 Å². The summed E-state index contributed by atoms with van der Waals surface area (Å²) in [5, 5.41) is 15.4. The summed E-state index contributed by atoms with van der Waals surface area (Å²) in [6, 6.07) is 0. The second-order valence-corrected chi connectivity index (χ2v) is 4.63. The number of anilines is 2. The number of hydrogen-bond acceptors (Lipinski definition) is 5. The van der Waals surface area contributed by atoms with Gasteiger partial charge in [-0.05, 0) is 32.1 Å². The van der Waals surface area contributed by atoms with Crippen LogP contribution in [0.2, 0.25) is 0 Å². The summed E-state index contributed by atoms with van der Waals surface area (Å²) >= 11 is 0. The molecular weight excluding hydrogens is 235 g/mol. The molecule has 0 radical (unpaired) electrons. The Morgan fingerprint density at radius 1 is 1.44 bits per heavy atom. The van der Waals surface area contributed by atoms with Crippen molar-refractivity contribution in [3.05, 3.63) is 12.0 Å². The van der Waals surface area contributed by atoms with Gasteiger partial charge in [-0.1, -0.05) is 0 Å². The summed E-state index contributed by atoms with van der Waals surface area (Å²) in [6.07, 6.45) is 3.54. The highest BCUT2D eigenvalue weighted by atomic mass is 19.1. The predicted molar refractivity (Wildman–Crippen MR) is 68.0 cm³/mol. The van der Waals surface area contributed by atoms with Crippen LogP contribution in [-0.2, 0) is 0 Å². The largest absolute Gasteiger partial charge is 0.393 e. The smallest absolute Gasteiger partial charge is 0.224 e. The van der Waals surface area contributed by atoms with Crippen molar-refractivity contribution in [2.45, 2.75) is 32.3 Å². The minimum atomic E-state index is -0.449. The van der Waals surface area contributed by atoms with E-state index in [-0.39, 0.29) is 11.9 Å². The van der Waals surface area contributed by atoms with E-state index in [1.54, 1.807) is 0 Å². The van der Waals surface area contributed by atoms with E-state index in [0.717, 1.165) is 25.5 Å². The van der Waals surface area contributed by atoms with E-state index in [4.69, 9.17) is 0 Å². The lowest BCUT2D eigenvalue weighted by molar-refractivity contribution is 0.178. The third-order valence-electron chi connectivity index (χ3n) is 3.15. The molecule has 0 aliphatic heterocycles. The van der Waals surface area contributed by atoms with Crippen LogP contribution in [0.3, 0.4) is 0 Å². The molecule has 1 fully saturated rings. The SMILES string of the molecule is CCNc1ncc(F)c(NCC2CCC(O)C2)n1. The van der Waals surface area contributed by atoms with Crippen molar-refractivity contribution in [1.29, 1.82) is 0 Å². The van der Waals surface area contributed by atoms with Gasteiger partial charge in [-0.15, -0.1) is 0 Å². The number of aromatic nitrogens is 2. The molecule has 2 unspecified atom stereocenters. The molecule has 1 saturated carbocycles. The van der Waals surface area contributed by atoms with Crippen molar-refractivity contribution in [3.8, 4) is 0 Å². The fraction of sp³-hybridized carbons (Fsp3) is 0.667. The van der Waals surface area contributed by atoms with Crippen LogP contribution in [-0.4, -0.2) is 34.3 Å². The highest BCUT2D eigenvalue weighted by Crippen LogP contribution is 2.25. The zero-order chi connectivity index (χ0) is 13.0. The van der Waals surface area contributed by atoms with Gasteiger partial charge in [0.15, 0.2) is 11.6 Å². The highest BCUT2D eigenvalue weighted by molar-refractivity contribution is 5.41. The topological polar surface area (TPSA) is 70.1 Å². The van der Waals surface area contributed by atoms with Crippen LogP contribution < -0.4 is 10.6 Å². The molecule has 0 aromatic carbocycles. The molecule has 2 atom stereocenters. The Hall–Kier alpha value is -1.43. The van der Waals surface area contributed by atoms with E-state index in [1.165, 1.54) is 0 Å². The fourth-order valence-corrected chi connectivity index (χ4v) is 2.21. The molecule has 100 valence electrons. The number of hydrogen-bond donors (Lipinski definition) is 3. The molecule has 1 aliphatic carbocycles. The van der Waals surface area contributed by atoms with E-state index in [2.05, 4.69) is 20.6 Å². The molecular formula is C12H19FN4O. The Morgan fingerprint density at radius 3 is 2.94 bits per heavy atom. The first kappa shape index (κ1) is 13.0. The van der Waals surface area contributed by atoms with Crippen LogP contribution in [0, 0.1) is 11.7 Å². The van der Waals surface area contributed by atoms with Gasteiger partial charge in [-0.3, -0.25) is 0 Å². The number of halogens is 1. The number of nitrogens with zero attached hydrogens (tertiary/aromatic N) is 2. The number of rotatable bonds is 5. The molecule has 0 saturated heterocycles. The monoisotopic (exact) mass is 254 g/mol. The van der Waals surface area contributed by atoms with Crippen LogP contribution in [0.15, 0.2) is 6.20 Å². The molecule has 1 aromatic rings. The molecule has 0 bridgehead atoms. The lowest BCUT2D eigenvalue weighted by Crippen LogP contribution is -2.15. The summed E-state index contributed by atoms with van der Waals surface area (Å²) in [6.45, 7) is 3.26. The number of nitrogens with one attached hydrogen (secondary N) is 2. The first-order chi connectivity index (χ1) is 8.69. The van der Waals surface area contributed by atoms with Crippen LogP contribution in [0.5, 0.6) is 0 Å². The van der Waals surface area contributed by atoms with Gasteiger partial charge < -0.3 is 15.7 Å². The highest BCUT2D eigenvalue weighted by Gasteiger charge is 2.22. The van der Waals surface area contributed by atoms with E-state index in [0.29, 0.717) is 25.0 Å². The number of aliphatic hydroxyl groups excluding tert-OH is 1. The normalized spacial score (nSPS) is 23.1. The van der Waals surface area contributed by atoms with Gasteiger partial charge in [0, 0.05) is 13.1 Å². The summed E-state index contributed by atoms with van der Waals surface area (Å²) in [7, 11) is 0. The summed E-state index contributed by atoms with van der Waals surface area (Å²) in [5.41, 5.74) is 0. The lowest BCUT2D eigenvalue weighted by Gasteiger charge is -2.12. The average molecular weight is 254 g/mol. The minimum Gasteiger partial charge on any atom is -0.393 e. The maximum absolute atomic E-state index is 13.5. The zero-order valence-corrected chi connectivity index (χ0v) is 10.5. The van der Waals surface area contributed by atoms with Gasteiger partial charge in [0.1, 0.15) is 0 Å². The van der Waals surface area contributed by atoms with Crippen molar-refractivity contribution in [3.63, 3.8) is 0 Å². The van der Waals surface area contributed by atoms with Crippen molar-refractivity contribution in [2.75, 3.05) is 23.7 Å². The second kappa shape index (κ2) is 5.95. The number of aliphatic hydroxyl groups is 1. The van der Waals surface area contributed by atoms with Crippen molar-refractivity contribution < 1.29 is 9.50 Å². The van der Waals surface area contributed by atoms with Gasteiger partial charge in [0.2, 0.25) is 5.95 Å². The molecule has 1 heterocycles. The summed E-state index contributed by atoms with van der Waals surface area (Å²) in [5.74, 6) is 0.586. The average Bonchev–Trinajstić information content (AvgIpc) is 2.76. The van der Waals surface area contributed by atoms with Crippen molar-refractivity contribution in [2.24, 2.45) is 5.92 Å². The minimum absolute atomic E-state index is 0.204. The van der Waals surface area contributed by atoms with E-state index < -0.39 is 5.82 Å².